The van der Waals surface area contributed by atoms with Crippen molar-refractivity contribution in [2.45, 2.75) is 30.8 Å². The van der Waals surface area contributed by atoms with Gasteiger partial charge < -0.3 is 10.1 Å². The van der Waals surface area contributed by atoms with Crippen molar-refractivity contribution >= 4 is 40.0 Å². The molecule has 17 heteroatoms. The predicted octanol–water partition coefficient (Wildman–Crippen LogP) is 8.44. The summed E-state index contributed by atoms with van der Waals surface area (Å²) in [5, 5.41) is 2.09. The van der Waals surface area contributed by atoms with Gasteiger partial charge in [0.1, 0.15) is 11.6 Å². The standard InChI is InChI=1S/C25H12F12INO3/c26-13-6-4-11(5-7-13)21(41)39-17-3-1-2-14(20(17)27)18(40)10-15-16(38)8-12(9-19(15)42-25(35,36)37)22(28,23(29,30)31)24(32,33)34/h1-9H,10H2,(H,39,41). The van der Waals surface area contributed by atoms with Crippen LogP contribution in [0.4, 0.5) is 58.4 Å². The molecule has 3 aromatic rings. The monoisotopic (exact) mass is 729 g/mol. The fourth-order valence-corrected chi connectivity index (χ4v) is 4.37. The van der Waals surface area contributed by atoms with E-state index in [0.29, 0.717) is 0 Å². The number of ketones is 1. The predicted molar refractivity (Wildman–Crippen MR) is 130 cm³/mol. The SMILES string of the molecule is O=C(Nc1cccc(C(=O)Cc2c(I)cc(C(F)(C(F)(F)F)C(F)(F)F)cc2OC(F)(F)F)c1F)c1ccc(F)cc1. The first-order valence-corrected chi connectivity index (χ1v) is 12.0. The Labute approximate surface area is 240 Å². The van der Waals surface area contributed by atoms with E-state index in [1.807, 2.05) is 0 Å². The first-order chi connectivity index (χ1) is 19.2. The Morgan fingerprint density at radius 2 is 1.38 bits per heavy atom. The zero-order valence-electron chi connectivity index (χ0n) is 20.0. The molecule has 0 aliphatic heterocycles. The summed E-state index contributed by atoms with van der Waals surface area (Å²) in [6.07, 6.45) is -20.3. The van der Waals surface area contributed by atoms with E-state index in [4.69, 9.17) is 0 Å². The lowest BCUT2D eigenvalue weighted by Gasteiger charge is -2.31. The molecule has 0 unspecified atom stereocenters. The van der Waals surface area contributed by atoms with Crippen molar-refractivity contribution in [2.75, 3.05) is 5.32 Å². The summed E-state index contributed by atoms with van der Waals surface area (Å²) < 4.78 is 164. The molecule has 1 N–H and O–H groups in total. The van der Waals surface area contributed by atoms with Crippen LogP contribution >= 0.6 is 22.6 Å². The largest absolute Gasteiger partial charge is 0.573 e. The van der Waals surface area contributed by atoms with Gasteiger partial charge in [0.2, 0.25) is 0 Å². The highest BCUT2D eigenvalue weighted by molar-refractivity contribution is 14.1. The van der Waals surface area contributed by atoms with Crippen LogP contribution in [-0.2, 0) is 12.1 Å². The van der Waals surface area contributed by atoms with E-state index in [9.17, 15) is 57.9 Å². The number of hydrogen-bond donors (Lipinski definition) is 1. The van der Waals surface area contributed by atoms with Gasteiger partial charge in [-0.15, -0.1) is 13.2 Å². The second kappa shape index (κ2) is 11.6. The highest BCUT2D eigenvalue weighted by Gasteiger charge is 2.73. The number of ether oxygens (including phenoxy) is 1. The second-order valence-corrected chi connectivity index (χ2v) is 9.53. The lowest BCUT2D eigenvalue weighted by molar-refractivity contribution is -0.348. The number of carbonyl (C=O) groups excluding carboxylic acids is 2. The van der Waals surface area contributed by atoms with Crippen LogP contribution in [0.3, 0.4) is 0 Å². The van der Waals surface area contributed by atoms with Gasteiger partial charge >= 0.3 is 24.4 Å². The van der Waals surface area contributed by atoms with Gasteiger partial charge in [0.25, 0.3) is 5.91 Å². The van der Waals surface area contributed by atoms with Crippen LogP contribution in [0, 0.1) is 15.2 Å². The molecule has 0 aromatic heterocycles. The number of amides is 1. The number of nitrogens with one attached hydrogen (secondary N) is 1. The van der Waals surface area contributed by atoms with Crippen molar-refractivity contribution in [2.24, 2.45) is 0 Å². The molecule has 0 atom stereocenters. The topological polar surface area (TPSA) is 55.4 Å². The molecule has 0 aliphatic rings. The van der Waals surface area contributed by atoms with Crippen molar-refractivity contribution in [3.05, 3.63) is 92.1 Å². The van der Waals surface area contributed by atoms with Gasteiger partial charge in [-0.1, -0.05) is 6.07 Å². The fraction of sp³-hybridized carbons (Fsp3) is 0.200. The third-order valence-electron chi connectivity index (χ3n) is 5.55. The Morgan fingerprint density at radius 1 is 0.810 bits per heavy atom. The van der Waals surface area contributed by atoms with Crippen LogP contribution < -0.4 is 10.1 Å². The molecule has 0 aliphatic carbocycles. The number of benzene rings is 3. The van der Waals surface area contributed by atoms with Crippen LogP contribution in [0.1, 0.15) is 31.8 Å². The summed E-state index contributed by atoms with van der Waals surface area (Å²) in [6, 6.07) is 6.25. The van der Waals surface area contributed by atoms with Gasteiger partial charge in [0.05, 0.1) is 11.3 Å². The maximum Gasteiger partial charge on any atom is 0.573 e. The van der Waals surface area contributed by atoms with Crippen LogP contribution in [0.2, 0.25) is 0 Å². The summed E-state index contributed by atoms with van der Waals surface area (Å²) in [5.74, 6) is -6.15. The average molecular weight is 729 g/mol. The van der Waals surface area contributed by atoms with E-state index in [1.54, 1.807) is 0 Å². The minimum Gasteiger partial charge on any atom is -0.405 e. The number of anilines is 1. The van der Waals surface area contributed by atoms with Crippen molar-refractivity contribution < 1.29 is 67.0 Å². The maximum absolute atomic E-state index is 15.1. The Hall–Kier alpha value is -3.51. The number of halogens is 13. The van der Waals surface area contributed by atoms with Gasteiger partial charge in [-0.25, -0.2) is 13.2 Å². The van der Waals surface area contributed by atoms with Gasteiger partial charge in [0, 0.05) is 26.7 Å². The summed E-state index contributed by atoms with van der Waals surface area (Å²) >= 11 is 0.974. The van der Waals surface area contributed by atoms with Crippen LogP contribution in [0.25, 0.3) is 0 Å². The Balaban J connectivity index is 2.04. The lowest BCUT2D eigenvalue weighted by atomic mass is 9.91. The van der Waals surface area contributed by atoms with Crippen LogP contribution in [0.5, 0.6) is 5.75 Å². The van der Waals surface area contributed by atoms with Crippen molar-refractivity contribution in [1.29, 1.82) is 0 Å². The average Bonchev–Trinajstić information content (AvgIpc) is 2.84. The summed E-state index contributed by atoms with van der Waals surface area (Å²) in [5.41, 5.74) is -10.9. The third kappa shape index (κ3) is 6.92. The fourth-order valence-electron chi connectivity index (χ4n) is 3.58. The quantitative estimate of drug-likeness (QED) is 0.151. The zero-order valence-corrected chi connectivity index (χ0v) is 22.2. The van der Waals surface area contributed by atoms with Gasteiger partial charge in [-0.05, 0) is 71.1 Å². The Kier molecular flexibility index (Phi) is 9.14. The van der Waals surface area contributed by atoms with E-state index in [-0.39, 0.29) is 11.6 Å². The number of rotatable bonds is 7. The highest BCUT2D eigenvalue weighted by Crippen LogP contribution is 2.54. The van der Waals surface area contributed by atoms with Crippen LogP contribution in [0.15, 0.2) is 54.6 Å². The second-order valence-electron chi connectivity index (χ2n) is 8.36. The van der Waals surface area contributed by atoms with E-state index in [0.717, 1.165) is 65.1 Å². The molecule has 0 heterocycles. The van der Waals surface area contributed by atoms with E-state index in [1.165, 1.54) is 0 Å². The number of carbonyl (C=O) groups is 2. The molecule has 0 radical (unpaired) electrons. The van der Waals surface area contributed by atoms with Crippen molar-refractivity contribution in [3.8, 4) is 5.75 Å². The van der Waals surface area contributed by atoms with E-state index >= 15 is 4.39 Å². The molecule has 0 saturated heterocycles. The summed E-state index contributed by atoms with van der Waals surface area (Å²) in [7, 11) is 0. The smallest absolute Gasteiger partial charge is 0.405 e. The summed E-state index contributed by atoms with van der Waals surface area (Å²) in [4.78, 5) is 25.2. The molecule has 4 nitrogen and oxygen atoms in total. The minimum atomic E-state index is -6.66. The zero-order chi connectivity index (χ0) is 31.8. The molecular weight excluding hydrogens is 717 g/mol. The molecular formula is C25H12F12INO3. The van der Waals surface area contributed by atoms with Crippen molar-refractivity contribution in [1.82, 2.24) is 0 Å². The lowest BCUT2D eigenvalue weighted by Crippen LogP contribution is -2.50. The Bertz CT molecular complexity index is 1480. The molecule has 3 aromatic carbocycles. The minimum absolute atomic E-state index is 0.0664. The molecule has 3 rings (SSSR count). The Morgan fingerprint density at radius 3 is 1.90 bits per heavy atom. The number of hydrogen-bond acceptors (Lipinski definition) is 3. The van der Waals surface area contributed by atoms with Crippen LogP contribution in [-0.4, -0.2) is 30.4 Å². The molecule has 0 spiro atoms. The molecule has 0 bridgehead atoms. The maximum atomic E-state index is 15.1. The molecule has 42 heavy (non-hydrogen) atoms. The van der Waals surface area contributed by atoms with Crippen molar-refractivity contribution in [3.63, 3.8) is 0 Å². The number of alkyl halides is 10. The normalized spacial score (nSPS) is 12.7. The molecule has 0 saturated carbocycles. The third-order valence-corrected chi connectivity index (χ3v) is 6.51. The van der Waals surface area contributed by atoms with E-state index in [2.05, 4.69) is 10.1 Å². The first kappa shape index (κ1) is 33.0. The number of Topliss-reactive ketones (excluding diaryl/α,β-unsaturated/α-hetero) is 1. The van der Waals surface area contributed by atoms with E-state index < -0.39 is 91.9 Å². The van der Waals surface area contributed by atoms with Gasteiger partial charge in [-0.3, -0.25) is 9.59 Å². The molecule has 226 valence electrons. The first-order valence-electron chi connectivity index (χ1n) is 11.0. The van der Waals surface area contributed by atoms with Gasteiger partial charge in [-0.2, -0.15) is 26.3 Å². The summed E-state index contributed by atoms with van der Waals surface area (Å²) in [6.45, 7) is 0. The van der Waals surface area contributed by atoms with Gasteiger partial charge in [0.15, 0.2) is 11.6 Å². The molecule has 1 amide bonds. The molecule has 0 fully saturated rings. The highest BCUT2D eigenvalue weighted by atomic mass is 127.